The molecule has 2 rings (SSSR count). The van der Waals surface area contributed by atoms with Crippen LogP contribution in [0.15, 0.2) is 11.8 Å². The van der Waals surface area contributed by atoms with Crippen LogP contribution < -0.4 is 0 Å². The predicted molar refractivity (Wildman–Crippen MR) is 78.1 cm³/mol. The Morgan fingerprint density at radius 1 is 0.895 bits per heavy atom. The largest absolute Gasteiger partial charge is 0.512 e. The molecule has 0 unspecified atom stereocenters. The third-order valence-corrected chi connectivity index (χ3v) is 4.88. The number of carbonyl (C=O) groups excluding carboxylic acids is 1. The number of rotatable bonds is 7. The zero-order valence-electron chi connectivity index (χ0n) is 12.1. The first-order chi connectivity index (χ1) is 9.24. The van der Waals surface area contributed by atoms with Gasteiger partial charge in [0.1, 0.15) is 0 Å². The van der Waals surface area contributed by atoms with E-state index in [1.165, 1.54) is 57.4 Å². The Bertz CT molecular complexity index is 307. The number of aliphatic hydroxyl groups excluding tert-OH is 1. The van der Waals surface area contributed by atoms with Gasteiger partial charge in [-0.15, -0.1) is 0 Å². The van der Waals surface area contributed by atoms with E-state index in [1.807, 2.05) is 0 Å². The van der Waals surface area contributed by atoms with Crippen LogP contribution in [0.1, 0.15) is 77.0 Å². The molecule has 2 heteroatoms. The molecule has 0 bridgehead atoms. The number of aliphatic hydroxyl groups is 1. The van der Waals surface area contributed by atoms with Crippen molar-refractivity contribution in [2.24, 2.45) is 11.8 Å². The van der Waals surface area contributed by atoms with Gasteiger partial charge in [-0.25, -0.2) is 0 Å². The minimum absolute atomic E-state index is 0.121. The van der Waals surface area contributed by atoms with E-state index in [9.17, 15) is 9.90 Å². The summed E-state index contributed by atoms with van der Waals surface area (Å²) in [5.74, 6) is 1.97. The van der Waals surface area contributed by atoms with Crippen molar-refractivity contribution in [3.05, 3.63) is 11.8 Å². The first-order valence-electron chi connectivity index (χ1n) is 8.16. The maximum Gasteiger partial charge on any atom is 0.159 e. The topological polar surface area (TPSA) is 37.3 Å². The van der Waals surface area contributed by atoms with Gasteiger partial charge in [-0.1, -0.05) is 51.4 Å². The molecule has 0 radical (unpaired) electrons. The molecule has 2 aliphatic rings. The minimum atomic E-state index is 0.121. The fraction of sp³-hybridized carbons (Fsp3) is 0.824. The summed E-state index contributed by atoms with van der Waals surface area (Å²) >= 11 is 0. The van der Waals surface area contributed by atoms with Gasteiger partial charge < -0.3 is 5.11 Å². The quantitative estimate of drug-likeness (QED) is 0.522. The van der Waals surface area contributed by atoms with Gasteiger partial charge in [0.2, 0.25) is 0 Å². The maximum atomic E-state index is 11.8. The standard InChI is InChI=1S/C17H28O2/c18-16(11-9-14-5-1-2-6-14)13-17(19)12-10-15-7-3-4-8-15/h13-15,18H,1-12H2/b16-13-. The SMILES string of the molecule is O=C(/C=C(\O)CCC1CCCC1)CCC1CCCC1. The van der Waals surface area contributed by atoms with E-state index < -0.39 is 0 Å². The molecule has 0 heterocycles. The second kappa shape index (κ2) is 7.72. The molecule has 0 atom stereocenters. The van der Waals surface area contributed by atoms with Crippen LogP contribution >= 0.6 is 0 Å². The summed E-state index contributed by atoms with van der Waals surface area (Å²) in [6, 6.07) is 0. The van der Waals surface area contributed by atoms with Gasteiger partial charge in [0.15, 0.2) is 5.78 Å². The van der Waals surface area contributed by atoms with Crippen LogP contribution in [0, 0.1) is 11.8 Å². The fourth-order valence-corrected chi connectivity index (χ4v) is 3.63. The lowest BCUT2D eigenvalue weighted by Crippen LogP contribution is -2.01. The zero-order valence-corrected chi connectivity index (χ0v) is 12.1. The van der Waals surface area contributed by atoms with Crippen molar-refractivity contribution in [2.45, 2.75) is 77.0 Å². The highest BCUT2D eigenvalue weighted by molar-refractivity contribution is 5.89. The first kappa shape index (κ1) is 14.6. The van der Waals surface area contributed by atoms with Crippen LogP contribution in [-0.4, -0.2) is 10.9 Å². The Balaban J connectivity index is 1.62. The average molecular weight is 264 g/mol. The van der Waals surface area contributed by atoms with Crippen molar-refractivity contribution >= 4 is 5.78 Å². The van der Waals surface area contributed by atoms with E-state index in [1.54, 1.807) is 0 Å². The van der Waals surface area contributed by atoms with Crippen molar-refractivity contribution in [2.75, 3.05) is 0 Å². The van der Waals surface area contributed by atoms with E-state index in [2.05, 4.69) is 0 Å². The molecule has 1 N–H and O–H groups in total. The third kappa shape index (κ3) is 5.38. The second-order valence-electron chi connectivity index (χ2n) is 6.48. The van der Waals surface area contributed by atoms with Crippen LogP contribution in [0.3, 0.4) is 0 Å². The van der Waals surface area contributed by atoms with E-state index in [-0.39, 0.29) is 5.78 Å². The van der Waals surface area contributed by atoms with Crippen molar-refractivity contribution in [3.63, 3.8) is 0 Å². The molecule has 108 valence electrons. The number of hydrogen-bond donors (Lipinski definition) is 1. The smallest absolute Gasteiger partial charge is 0.159 e. The highest BCUT2D eigenvalue weighted by Crippen LogP contribution is 2.30. The number of carbonyl (C=O) groups is 1. The number of ketones is 1. The highest BCUT2D eigenvalue weighted by atomic mass is 16.3. The molecule has 0 aromatic carbocycles. The van der Waals surface area contributed by atoms with Crippen molar-refractivity contribution in [1.29, 1.82) is 0 Å². The minimum Gasteiger partial charge on any atom is -0.512 e. The first-order valence-corrected chi connectivity index (χ1v) is 8.16. The zero-order chi connectivity index (χ0) is 13.5. The van der Waals surface area contributed by atoms with Crippen LogP contribution in [0.5, 0.6) is 0 Å². The summed E-state index contributed by atoms with van der Waals surface area (Å²) in [5, 5.41) is 9.81. The van der Waals surface area contributed by atoms with Gasteiger partial charge in [0, 0.05) is 18.9 Å². The molecule has 0 aromatic rings. The van der Waals surface area contributed by atoms with Crippen LogP contribution in [0.25, 0.3) is 0 Å². The molecule has 19 heavy (non-hydrogen) atoms. The lowest BCUT2D eigenvalue weighted by molar-refractivity contribution is -0.115. The lowest BCUT2D eigenvalue weighted by atomic mass is 9.98. The summed E-state index contributed by atoms with van der Waals surface area (Å²) in [7, 11) is 0. The van der Waals surface area contributed by atoms with Crippen LogP contribution in [-0.2, 0) is 4.79 Å². The summed E-state index contributed by atoms with van der Waals surface area (Å²) in [4.78, 5) is 11.8. The monoisotopic (exact) mass is 264 g/mol. The lowest BCUT2D eigenvalue weighted by Gasteiger charge is -2.08. The van der Waals surface area contributed by atoms with Gasteiger partial charge in [-0.3, -0.25) is 4.79 Å². The summed E-state index contributed by atoms with van der Waals surface area (Å²) < 4.78 is 0. The average Bonchev–Trinajstić information content (AvgIpc) is 3.07. The molecule has 0 amide bonds. The van der Waals surface area contributed by atoms with Crippen LogP contribution in [0.4, 0.5) is 0 Å². The Kier molecular flexibility index (Phi) is 5.93. The molecule has 2 nitrogen and oxygen atoms in total. The predicted octanol–water partition coefficient (Wildman–Crippen LogP) is 4.94. The Morgan fingerprint density at radius 2 is 1.37 bits per heavy atom. The molecule has 2 fully saturated rings. The van der Waals surface area contributed by atoms with E-state index in [4.69, 9.17) is 0 Å². The van der Waals surface area contributed by atoms with Gasteiger partial charge in [0.25, 0.3) is 0 Å². The molecule has 0 saturated heterocycles. The number of allylic oxidation sites excluding steroid dienone is 2. The van der Waals surface area contributed by atoms with Crippen molar-refractivity contribution in [3.8, 4) is 0 Å². The molecule has 0 spiro atoms. The third-order valence-electron chi connectivity index (χ3n) is 4.88. The van der Waals surface area contributed by atoms with Gasteiger partial charge in [-0.05, 0) is 24.7 Å². The Labute approximate surface area is 117 Å². The maximum absolute atomic E-state index is 11.8. The van der Waals surface area contributed by atoms with Gasteiger partial charge >= 0.3 is 0 Å². The molecule has 0 aromatic heterocycles. The summed E-state index contributed by atoms with van der Waals surface area (Å²) in [6.07, 6.45) is 15.4. The van der Waals surface area contributed by atoms with Gasteiger partial charge in [0.05, 0.1) is 5.76 Å². The number of hydrogen-bond acceptors (Lipinski definition) is 2. The Hall–Kier alpha value is -0.790. The molecular weight excluding hydrogens is 236 g/mol. The second-order valence-corrected chi connectivity index (χ2v) is 6.48. The van der Waals surface area contributed by atoms with E-state index >= 15 is 0 Å². The van der Waals surface area contributed by atoms with Crippen molar-refractivity contribution < 1.29 is 9.90 Å². The molecule has 2 saturated carbocycles. The van der Waals surface area contributed by atoms with Crippen LogP contribution in [0.2, 0.25) is 0 Å². The van der Waals surface area contributed by atoms with Crippen molar-refractivity contribution in [1.82, 2.24) is 0 Å². The van der Waals surface area contributed by atoms with E-state index in [0.717, 1.165) is 24.7 Å². The summed E-state index contributed by atoms with van der Waals surface area (Å²) in [6.45, 7) is 0. The molecule has 0 aliphatic heterocycles. The summed E-state index contributed by atoms with van der Waals surface area (Å²) in [5.41, 5.74) is 0. The fourth-order valence-electron chi connectivity index (χ4n) is 3.63. The Morgan fingerprint density at radius 3 is 1.89 bits per heavy atom. The normalized spacial score (nSPS) is 22.2. The molecular formula is C17H28O2. The van der Waals surface area contributed by atoms with E-state index in [0.29, 0.717) is 18.6 Å². The van der Waals surface area contributed by atoms with Gasteiger partial charge in [-0.2, -0.15) is 0 Å². The highest BCUT2D eigenvalue weighted by Gasteiger charge is 2.17. The molecule has 2 aliphatic carbocycles.